The highest BCUT2D eigenvalue weighted by Gasteiger charge is 2.63. The zero-order chi connectivity index (χ0) is 18.8. The van der Waals surface area contributed by atoms with Gasteiger partial charge in [0.2, 0.25) is 0 Å². The molecule has 3 rings (SSSR count). The van der Waals surface area contributed by atoms with E-state index in [0.29, 0.717) is 13.2 Å². The van der Waals surface area contributed by atoms with E-state index in [1.807, 2.05) is 44.2 Å². The van der Waals surface area contributed by atoms with Gasteiger partial charge in [-0.1, -0.05) is 30.3 Å². The van der Waals surface area contributed by atoms with Crippen LogP contribution in [0.2, 0.25) is 0 Å². The molecule has 0 bridgehead atoms. The number of rotatable bonds is 7. The summed E-state index contributed by atoms with van der Waals surface area (Å²) >= 11 is 0. The van der Waals surface area contributed by atoms with E-state index in [1.54, 1.807) is 7.11 Å². The van der Waals surface area contributed by atoms with E-state index in [0.717, 1.165) is 5.56 Å². The van der Waals surface area contributed by atoms with Crippen molar-refractivity contribution in [2.24, 2.45) is 0 Å². The average molecular weight is 365 g/mol. The molecule has 7 nitrogen and oxygen atoms in total. The molecule has 1 aromatic carbocycles. The highest BCUT2D eigenvalue weighted by Crippen LogP contribution is 2.44. The van der Waals surface area contributed by atoms with Crippen molar-refractivity contribution in [3.63, 3.8) is 0 Å². The minimum Gasteiger partial charge on any atom is -0.469 e. The maximum Gasteiger partial charge on any atom is 0.309 e. The monoisotopic (exact) mass is 365 g/mol. The molecule has 1 N–H and O–H groups in total. The molecule has 2 aliphatic heterocycles. The van der Waals surface area contributed by atoms with Crippen LogP contribution in [0.3, 0.4) is 0 Å². The highest BCUT2D eigenvalue weighted by atomic mass is 16.8. The van der Waals surface area contributed by atoms with Gasteiger partial charge < -0.3 is 23.7 Å². The van der Waals surface area contributed by atoms with Crippen molar-refractivity contribution >= 4 is 5.97 Å². The Bertz CT molecular complexity index is 622. The number of ether oxygens (including phenoxy) is 5. The number of carbonyl (C=O) groups excluding carboxylic acids is 1. The summed E-state index contributed by atoms with van der Waals surface area (Å²) in [4.78, 5) is 12.1. The van der Waals surface area contributed by atoms with Crippen molar-refractivity contribution in [2.75, 3.05) is 20.8 Å². The van der Waals surface area contributed by atoms with Gasteiger partial charge in [0.1, 0.15) is 18.3 Å². The second-order valence-corrected chi connectivity index (χ2v) is 7.11. The van der Waals surface area contributed by atoms with Crippen LogP contribution in [0.25, 0.3) is 0 Å². The normalized spacial score (nSPS) is 32.4. The fourth-order valence-corrected chi connectivity index (χ4v) is 3.60. The van der Waals surface area contributed by atoms with Crippen LogP contribution >= 0.6 is 0 Å². The molecule has 0 aromatic heterocycles. The third-order valence-electron chi connectivity index (χ3n) is 4.72. The molecule has 0 radical (unpaired) electrons. The zero-order valence-corrected chi connectivity index (χ0v) is 15.7. The lowest BCUT2D eigenvalue weighted by Crippen LogP contribution is -2.56. The third kappa shape index (κ3) is 3.92. The van der Waals surface area contributed by atoms with Crippen LogP contribution in [0, 0.1) is 0 Å². The second kappa shape index (κ2) is 7.62. The molecule has 2 aliphatic rings. The molecule has 144 valence electrons. The van der Waals surface area contributed by atoms with Crippen LogP contribution in [-0.2, 0) is 35.0 Å². The summed E-state index contributed by atoms with van der Waals surface area (Å²) in [6.45, 7) is 4.58. The highest BCUT2D eigenvalue weighted by molar-refractivity contribution is 5.70. The minimum absolute atomic E-state index is 0.0111. The van der Waals surface area contributed by atoms with Gasteiger partial charge in [0, 0.05) is 13.7 Å². The summed E-state index contributed by atoms with van der Waals surface area (Å²) < 4.78 is 28.6. The molecule has 1 aromatic rings. The van der Waals surface area contributed by atoms with Crippen LogP contribution in [0.4, 0.5) is 0 Å². The van der Waals surface area contributed by atoms with Gasteiger partial charge in [-0.2, -0.15) is 0 Å². The van der Waals surface area contributed by atoms with Crippen molar-refractivity contribution in [2.45, 2.75) is 56.6 Å². The minimum atomic E-state index is -1.05. The molecule has 0 spiro atoms. The molecule has 2 heterocycles. The van der Waals surface area contributed by atoms with E-state index in [9.17, 15) is 4.79 Å². The van der Waals surface area contributed by atoms with Gasteiger partial charge in [-0.3, -0.25) is 10.1 Å². The summed E-state index contributed by atoms with van der Waals surface area (Å²) in [5.74, 6) is -1.14. The zero-order valence-electron chi connectivity index (χ0n) is 15.7. The van der Waals surface area contributed by atoms with Crippen molar-refractivity contribution < 1.29 is 28.5 Å². The Labute approximate surface area is 153 Å². The van der Waals surface area contributed by atoms with Crippen molar-refractivity contribution in [1.82, 2.24) is 5.32 Å². The Morgan fingerprint density at radius 2 is 1.88 bits per heavy atom. The third-order valence-corrected chi connectivity index (χ3v) is 4.72. The molecular formula is C19H27NO6. The smallest absolute Gasteiger partial charge is 0.309 e. The first-order valence-corrected chi connectivity index (χ1v) is 8.77. The Kier molecular flexibility index (Phi) is 5.64. The molecule has 0 unspecified atom stereocenters. The van der Waals surface area contributed by atoms with Gasteiger partial charge in [-0.05, 0) is 19.4 Å². The Morgan fingerprint density at radius 1 is 1.15 bits per heavy atom. The Morgan fingerprint density at radius 3 is 2.54 bits per heavy atom. The number of fused-ring (bicyclic) bond motifs is 1. The van der Waals surface area contributed by atoms with Crippen LogP contribution < -0.4 is 5.32 Å². The predicted octanol–water partition coefficient (Wildman–Crippen LogP) is 1.60. The number of esters is 1. The molecule has 0 aliphatic carbocycles. The fourth-order valence-electron chi connectivity index (χ4n) is 3.60. The molecule has 0 saturated carbocycles. The summed E-state index contributed by atoms with van der Waals surface area (Å²) in [5.41, 5.74) is 0.0233. The number of hydrogen-bond donors (Lipinski definition) is 1. The number of carbonyl (C=O) groups is 1. The van der Waals surface area contributed by atoms with Crippen LogP contribution in [0.15, 0.2) is 30.3 Å². The first kappa shape index (κ1) is 19.3. The summed E-state index contributed by atoms with van der Waals surface area (Å²) in [5, 5.41) is 3.39. The lowest BCUT2D eigenvalue weighted by atomic mass is 9.99. The lowest BCUT2D eigenvalue weighted by Gasteiger charge is -2.35. The lowest BCUT2D eigenvalue weighted by molar-refractivity contribution is -0.224. The maximum atomic E-state index is 12.1. The van der Waals surface area contributed by atoms with Gasteiger partial charge in [0.15, 0.2) is 11.5 Å². The first-order chi connectivity index (χ1) is 12.4. The topological polar surface area (TPSA) is 75.3 Å². The molecule has 0 amide bonds. The van der Waals surface area contributed by atoms with E-state index in [1.165, 1.54) is 7.11 Å². The molecule has 26 heavy (non-hydrogen) atoms. The average Bonchev–Trinajstić information content (AvgIpc) is 3.08. The first-order valence-electron chi connectivity index (χ1n) is 8.77. The standard InChI is InChI=1S/C19H27NO6/c1-18(2)25-16-14(12-22-3)24-19(17(16)26-18,10-15(21)23-4)20-11-13-8-6-5-7-9-13/h5-9,14,16-17,20H,10-12H2,1-4H3/t14-,16-,17-,19-/m1/s1. The van der Waals surface area contributed by atoms with Crippen LogP contribution in [0.5, 0.6) is 0 Å². The van der Waals surface area contributed by atoms with Crippen molar-refractivity contribution in [3.05, 3.63) is 35.9 Å². The number of hydrogen-bond acceptors (Lipinski definition) is 7. The van der Waals surface area contributed by atoms with Gasteiger partial charge in [-0.25, -0.2) is 0 Å². The number of nitrogens with one attached hydrogen (secondary N) is 1. The van der Waals surface area contributed by atoms with Gasteiger partial charge in [0.05, 0.1) is 20.1 Å². The second-order valence-electron chi connectivity index (χ2n) is 7.11. The van der Waals surface area contributed by atoms with E-state index in [2.05, 4.69) is 5.32 Å². The van der Waals surface area contributed by atoms with Crippen LogP contribution in [0.1, 0.15) is 25.8 Å². The van der Waals surface area contributed by atoms with Crippen molar-refractivity contribution in [3.8, 4) is 0 Å². The SMILES string of the molecule is COC[C@H]1O[C@@](CC(=O)OC)(NCc2ccccc2)[C@@H]2OC(C)(C)O[C@@H]21. The molecule has 4 atom stereocenters. The Balaban J connectivity index is 1.87. The summed E-state index contributed by atoms with van der Waals surface area (Å²) in [6, 6.07) is 9.91. The Hall–Kier alpha value is -1.51. The largest absolute Gasteiger partial charge is 0.469 e. The van der Waals surface area contributed by atoms with E-state index < -0.39 is 17.6 Å². The molecule has 2 fully saturated rings. The molecule has 7 heteroatoms. The van der Waals surface area contributed by atoms with Gasteiger partial charge in [0.25, 0.3) is 0 Å². The molecular weight excluding hydrogens is 338 g/mol. The number of methoxy groups -OCH3 is 2. The summed E-state index contributed by atoms with van der Waals surface area (Å²) in [6.07, 6.45) is -1.13. The van der Waals surface area contributed by atoms with E-state index in [4.69, 9.17) is 23.7 Å². The van der Waals surface area contributed by atoms with Crippen LogP contribution in [-0.4, -0.2) is 56.6 Å². The van der Waals surface area contributed by atoms with E-state index in [-0.39, 0.29) is 24.6 Å². The maximum absolute atomic E-state index is 12.1. The van der Waals surface area contributed by atoms with E-state index >= 15 is 0 Å². The van der Waals surface area contributed by atoms with Gasteiger partial charge in [-0.15, -0.1) is 0 Å². The predicted molar refractivity (Wildman–Crippen MR) is 93.2 cm³/mol. The quantitative estimate of drug-likeness (QED) is 0.736. The summed E-state index contributed by atoms with van der Waals surface area (Å²) in [7, 11) is 2.97. The number of benzene rings is 1. The van der Waals surface area contributed by atoms with Gasteiger partial charge >= 0.3 is 5.97 Å². The van der Waals surface area contributed by atoms with Crippen molar-refractivity contribution in [1.29, 1.82) is 0 Å². The molecule has 2 saturated heterocycles. The fraction of sp³-hybridized carbons (Fsp3) is 0.632.